The van der Waals surface area contributed by atoms with Crippen molar-refractivity contribution in [3.05, 3.63) is 0 Å². The number of carbonyl (C=O) groups excluding carboxylic acids is 1. The lowest BCUT2D eigenvalue weighted by molar-refractivity contribution is 0.208. The molecule has 70 valence electrons. The Morgan fingerprint density at radius 2 is 2.25 bits per heavy atom. The van der Waals surface area contributed by atoms with Gasteiger partial charge in [-0.25, -0.2) is 4.79 Å². The second-order valence-electron chi connectivity index (χ2n) is 3.25. The smallest absolute Gasteiger partial charge is 0.317 e. The third kappa shape index (κ3) is 3.09. The van der Waals surface area contributed by atoms with E-state index >= 15 is 0 Å². The Labute approximate surface area is 73.3 Å². The van der Waals surface area contributed by atoms with Crippen LogP contribution in [0.5, 0.6) is 0 Å². The van der Waals surface area contributed by atoms with Gasteiger partial charge in [0.1, 0.15) is 0 Å². The van der Waals surface area contributed by atoms with E-state index in [4.69, 9.17) is 0 Å². The van der Waals surface area contributed by atoms with Gasteiger partial charge in [0, 0.05) is 26.2 Å². The largest absolute Gasteiger partial charge is 0.335 e. The lowest BCUT2D eigenvalue weighted by atomic mass is 10.5. The van der Waals surface area contributed by atoms with Crippen molar-refractivity contribution in [1.82, 2.24) is 15.5 Å². The van der Waals surface area contributed by atoms with Gasteiger partial charge in [-0.15, -0.1) is 0 Å². The molecule has 0 saturated heterocycles. The van der Waals surface area contributed by atoms with E-state index in [0.717, 1.165) is 25.9 Å². The second kappa shape index (κ2) is 4.30. The van der Waals surface area contributed by atoms with E-state index in [9.17, 15) is 4.79 Å². The van der Waals surface area contributed by atoms with E-state index in [1.165, 1.54) is 0 Å². The molecule has 4 nitrogen and oxygen atoms in total. The van der Waals surface area contributed by atoms with E-state index in [0.29, 0.717) is 6.04 Å². The summed E-state index contributed by atoms with van der Waals surface area (Å²) in [5, 5.41) is 5.92. The summed E-state index contributed by atoms with van der Waals surface area (Å²) in [4.78, 5) is 13.0. The summed E-state index contributed by atoms with van der Waals surface area (Å²) in [6.45, 7) is 1.60. The Hall–Kier alpha value is -0.770. The minimum Gasteiger partial charge on any atom is -0.335 e. The average Bonchev–Trinajstić information content (AvgIpc) is 2.83. The highest BCUT2D eigenvalue weighted by atomic mass is 16.2. The van der Waals surface area contributed by atoms with Crippen LogP contribution < -0.4 is 10.6 Å². The minimum absolute atomic E-state index is 0.0488. The first-order valence-electron chi connectivity index (χ1n) is 4.40. The van der Waals surface area contributed by atoms with E-state index in [1.54, 1.807) is 4.90 Å². The fourth-order valence-corrected chi connectivity index (χ4v) is 0.894. The highest BCUT2D eigenvalue weighted by Crippen LogP contribution is 2.18. The van der Waals surface area contributed by atoms with Crippen LogP contribution in [-0.2, 0) is 0 Å². The van der Waals surface area contributed by atoms with E-state index < -0.39 is 0 Å². The second-order valence-corrected chi connectivity index (χ2v) is 3.25. The van der Waals surface area contributed by atoms with Gasteiger partial charge in [0.25, 0.3) is 0 Å². The van der Waals surface area contributed by atoms with Gasteiger partial charge in [0.05, 0.1) is 0 Å². The topological polar surface area (TPSA) is 44.4 Å². The normalized spacial score (nSPS) is 15.8. The molecule has 0 atom stereocenters. The van der Waals surface area contributed by atoms with Crippen molar-refractivity contribution in [2.75, 3.05) is 27.2 Å². The Morgan fingerprint density at radius 1 is 1.58 bits per heavy atom. The van der Waals surface area contributed by atoms with Gasteiger partial charge in [0.2, 0.25) is 0 Å². The molecule has 1 aliphatic carbocycles. The van der Waals surface area contributed by atoms with Crippen LogP contribution in [0.25, 0.3) is 0 Å². The van der Waals surface area contributed by atoms with Crippen LogP contribution in [0, 0.1) is 0 Å². The molecule has 0 heterocycles. The van der Waals surface area contributed by atoms with E-state index in [-0.39, 0.29) is 6.03 Å². The van der Waals surface area contributed by atoms with Crippen molar-refractivity contribution in [3.8, 4) is 0 Å². The highest BCUT2D eigenvalue weighted by molar-refractivity contribution is 5.74. The van der Waals surface area contributed by atoms with Crippen LogP contribution in [0.15, 0.2) is 0 Å². The maximum absolute atomic E-state index is 11.3. The van der Waals surface area contributed by atoms with Crippen molar-refractivity contribution >= 4 is 6.03 Å². The summed E-state index contributed by atoms with van der Waals surface area (Å²) < 4.78 is 0. The van der Waals surface area contributed by atoms with Crippen LogP contribution in [-0.4, -0.2) is 44.2 Å². The fourth-order valence-electron chi connectivity index (χ4n) is 0.894. The highest BCUT2D eigenvalue weighted by Gasteiger charge is 2.24. The summed E-state index contributed by atoms with van der Waals surface area (Å²) in [5.74, 6) is 0. The molecule has 0 aliphatic heterocycles. The predicted octanol–water partition coefficient (Wildman–Crippen LogP) is 0.00960. The zero-order valence-corrected chi connectivity index (χ0v) is 7.76. The number of carbonyl (C=O) groups is 1. The van der Waals surface area contributed by atoms with Gasteiger partial charge in [-0.05, 0) is 19.9 Å². The lowest BCUT2D eigenvalue weighted by Gasteiger charge is -2.17. The number of hydrogen-bond acceptors (Lipinski definition) is 2. The van der Waals surface area contributed by atoms with Gasteiger partial charge < -0.3 is 15.5 Å². The Kier molecular flexibility index (Phi) is 3.34. The number of nitrogens with zero attached hydrogens (tertiary/aromatic N) is 1. The molecule has 0 aromatic rings. The summed E-state index contributed by atoms with van der Waals surface area (Å²) >= 11 is 0. The Bertz CT molecular complexity index is 156. The SMILES string of the molecule is CNCCN(C)C(=O)NC1CC1. The zero-order chi connectivity index (χ0) is 8.97. The zero-order valence-electron chi connectivity index (χ0n) is 7.76. The number of likely N-dealkylation sites (N-methyl/N-ethyl adjacent to an activating group) is 2. The van der Waals surface area contributed by atoms with E-state index in [1.807, 2.05) is 14.1 Å². The minimum atomic E-state index is 0.0488. The molecule has 1 rings (SSSR count). The molecule has 0 bridgehead atoms. The summed E-state index contributed by atoms with van der Waals surface area (Å²) in [5.41, 5.74) is 0. The van der Waals surface area contributed by atoms with Crippen LogP contribution in [0.1, 0.15) is 12.8 Å². The van der Waals surface area contributed by atoms with Crippen LogP contribution >= 0.6 is 0 Å². The molecule has 4 heteroatoms. The number of urea groups is 1. The van der Waals surface area contributed by atoms with E-state index in [2.05, 4.69) is 10.6 Å². The molecule has 0 aromatic carbocycles. The fraction of sp³-hybridized carbons (Fsp3) is 0.875. The van der Waals surface area contributed by atoms with Crippen molar-refractivity contribution in [2.45, 2.75) is 18.9 Å². The Balaban J connectivity index is 2.11. The summed E-state index contributed by atoms with van der Waals surface area (Å²) in [6, 6.07) is 0.502. The van der Waals surface area contributed by atoms with Gasteiger partial charge in [-0.3, -0.25) is 0 Å². The first-order valence-corrected chi connectivity index (χ1v) is 4.40. The number of rotatable bonds is 4. The number of hydrogen-bond donors (Lipinski definition) is 2. The predicted molar refractivity (Wildman–Crippen MR) is 48.1 cm³/mol. The molecule has 1 saturated carbocycles. The van der Waals surface area contributed by atoms with Crippen molar-refractivity contribution in [2.24, 2.45) is 0 Å². The summed E-state index contributed by atoms with van der Waals surface area (Å²) in [7, 11) is 3.70. The monoisotopic (exact) mass is 171 g/mol. The van der Waals surface area contributed by atoms with Crippen molar-refractivity contribution < 1.29 is 4.79 Å². The third-order valence-electron chi connectivity index (χ3n) is 1.95. The van der Waals surface area contributed by atoms with Crippen LogP contribution in [0.3, 0.4) is 0 Å². The van der Waals surface area contributed by atoms with Crippen LogP contribution in [0.2, 0.25) is 0 Å². The standard InChI is InChI=1S/C8H17N3O/c1-9-5-6-11(2)8(12)10-7-3-4-7/h7,9H,3-6H2,1-2H3,(H,10,12). The van der Waals surface area contributed by atoms with Crippen LogP contribution in [0.4, 0.5) is 4.79 Å². The molecule has 1 aliphatic rings. The molecular formula is C8H17N3O. The maximum atomic E-state index is 11.3. The Morgan fingerprint density at radius 3 is 2.75 bits per heavy atom. The average molecular weight is 171 g/mol. The molecular weight excluding hydrogens is 154 g/mol. The molecule has 0 aromatic heterocycles. The van der Waals surface area contributed by atoms with Gasteiger partial charge in [-0.1, -0.05) is 0 Å². The molecule has 0 radical (unpaired) electrons. The van der Waals surface area contributed by atoms with Gasteiger partial charge >= 0.3 is 6.03 Å². The van der Waals surface area contributed by atoms with Gasteiger partial charge in [0.15, 0.2) is 0 Å². The molecule has 12 heavy (non-hydrogen) atoms. The number of amides is 2. The molecule has 0 spiro atoms. The molecule has 0 unspecified atom stereocenters. The lowest BCUT2D eigenvalue weighted by Crippen LogP contribution is -2.41. The maximum Gasteiger partial charge on any atom is 0.317 e. The van der Waals surface area contributed by atoms with Crippen molar-refractivity contribution in [3.63, 3.8) is 0 Å². The third-order valence-corrected chi connectivity index (χ3v) is 1.95. The molecule has 2 N–H and O–H groups in total. The molecule has 1 fully saturated rings. The first kappa shape index (κ1) is 9.32. The van der Waals surface area contributed by atoms with Crippen molar-refractivity contribution in [1.29, 1.82) is 0 Å². The number of nitrogens with one attached hydrogen (secondary N) is 2. The van der Waals surface area contributed by atoms with Gasteiger partial charge in [-0.2, -0.15) is 0 Å². The summed E-state index contributed by atoms with van der Waals surface area (Å²) in [6.07, 6.45) is 2.29. The first-order chi connectivity index (χ1) is 5.74. The quantitative estimate of drug-likeness (QED) is 0.626. The molecule has 2 amide bonds.